The minimum Gasteiger partial charge on any atom is -0.294 e. The van der Waals surface area contributed by atoms with E-state index in [0.717, 1.165) is 10.6 Å². The van der Waals surface area contributed by atoms with Crippen molar-refractivity contribution >= 4 is 24.1 Å². The SMILES string of the molecule is CC(C)C(=O)P(c1ccccc1)c1ccccc1. The van der Waals surface area contributed by atoms with Crippen LogP contribution >= 0.6 is 7.92 Å². The highest BCUT2D eigenvalue weighted by Gasteiger charge is 2.24. The first kappa shape index (κ1) is 13.0. The highest BCUT2D eigenvalue weighted by atomic mass is 31.1. The van der Waals surface area contributed by atoms with Gasteiger partial charge in [0.2, 0.25) is 0 Å². The molecule has 1 nitrogen and oxygen atoms in total. The predicted molar refractivity (Wildman–Crippen MR) is 78.9 cm³/mol. The fourth-order valence-electron chi connectivity index (χ4n) is 1.82. The first-order valence-corrected chi connectivity index (χ1v) is 7.48. The fourth-order valence-corrected chi connectivity index (χ4v) is 4.08. The Balaban J connectivity index is 2.45. The molecule has 2 rings (SSSR count). The maximum absolute atomic E-state index is 12.5. The summed E-state index contributed by atoms with van der Waals surface area (Å²) in [7, 11) is -0.890. The Labute approximate surface area is 110 Å². The van der Waals surface area contributed by atoms with Crippen LogP contribution in [0, 0.1) is 5.92 Å². The van der Waals surface area contributed by atoms with E-state index in [1.807, 2.05) is 50.2 Å². The third kappa shape index (κ3) is 2.86. The van der Waals surface area contributed by atoms with Gasteiger partial charge in [-0.3, -0.25) is 4.79 Å². The lowest BCUT2D eigenvalue weighted by atomic mass is 10.3. The summed E-state index contributed by atoms with van der Waals surface area (Å²) in [6.07, 6.45) is 0. The summed E-state index contributed by atoms with van der Waals surface area (Å²) in [6, 6.07) is 20.2. The lowest BCUT2D eigenvalue weighted by Crippen LogP contribution is -2.21. The van der Waals surface area contributed by atoms with Gasteiger partial charge in [0, 0.05) is 13.8 Å². The van der Waals surface area contributed by atoms with Gasteiger partial charge in [-0.1, -0.05) is 74.5 Å². The molecule has 0 unspecified atom stereocenters. The highest BCUT2D eigenvalue weighted by Crippen LogP contribution is 2.37. The van der Waals surface area contributed by atoms with Crippen LogP contribution in [0.15, 0.2) is 60.7 Å². The van der Waals surface area contributed by atoms with Gasteiger partial charge in [0.05, 0.1) is 0 Å². The normalized spacial score (nSPS) is 10.9. The summed E-state index contributed by atoms with van der Waals surface area (Å²) in [5, 5.41) is 2.27. The summed E-state index contributed by atoms with van der Waals surface area (Å²) in [5.41, 5.74) is 0.336. The van der Waals surface area contributed by atoms with Crippen molar-refractivity contribution in [3.63, 3.8) is 0 Å². The van der Waals surface area contributed by atoms with Crippen LogP contribution in [0.25, 0.3) is 0 Å². The van der Waals surface area contributed by atoms with Gasteiger partial charge in [-0.25, -0.2) is 0 Å². The van der Waals surface area contributed by atoms with Crippen LogP contribution in [0.3, 0.4) is 0 Å². The van der Waals surface area contributed by atoms with Crippen LogP contribution in [-0.2, 0) is 4.79 Å². The molecule has 92 valence electrons. The summed E-state index contributed by atoms with van der Waals surface area (Å²) in [5.74, 6) is 0.0662. The predicted octanol–water partition coefficient (Wildman–Crippen LogP) is 3.30. The van der Waals surface area contributed by atoms with Gasteiger partial charge in [-0.2, -0.15) is 0 Å². The van der Waals surface area contributed by atoms with Gasteiger partial charge in [0.15, 0.2) is 5.52 Å². The van der Waals surface area contributed by atoms with Gasteiger partial charge in [-0.15, -0.1) is 0 Å². The average molecular weight is 256 g/mol. The number of carbonyl (C=O) groups excluding carboxylic acids is 1. The largest absolute Gasteiger partial charge is 0.294 e. The second kappa shape index (κ2) is 5.93. The maximum Gasteiger partial charge on any atom is 0.165 e. The molecule has 0 saturated heterocycles. The van der Waals surface area contributed by atoms with Crippen LogP contribution in [0.2, 0.25) is 0 Å². The van der Waals surface area contributed by atoms with Crippen LogP contribution in [-0.4, -0.2) is 5.52 Å². The minimum absolute atomic E-state index is 0.0662. The van der Waals surface area contributed by atoms with E-state index in [2.05, 4.69) is 24.3 Å². The molecule has 0 heterocycles. The van der Waals surface area contributed by atoms with E-state index in [4.69, 9.17) is 0 Å². The number of hydrogen-bond acceptors (Lipinski definition) is 1. The second-order valence-electron chi connectivity index (χ2n) is 4.50. The Kier molecular flexibility index (Phi) is 4.28. The van der Waals surface area contributed by atoms with E-state index in [0.29, 0.717) is 5.52 Å². The summed E-state index contributed by atoms with van der Waals surface area (Å²) in [6.45, 7) is 3.95. The molecule has 0 aliphatic carbocycles. The quantitative estimate of drug-likeness (QED) is 0.767. The summed E-state index contributed by atoms with van der Waals surface area (Å²) < 4.78 is 0. The zero-order valence-electron chi connectivity index (χ0n) is 10.7. The molecule has 0 amide bonds. The fraction of sp³-hybridized carbons (Fsp3) is 0.188. The van der Waals surface area contributed by atoms with Gasteiger partial charge >= 0.3 is 0 Å². The Morgan fingerprint density at radius 2 is 1.22 bits per heavy atom. The Bertz CT molecular complexity index is 466. The van der Waals surface area contributed by atoms with Crippen molar-refractivity contribution in [3.05, 3.63) is 60.7 Å². The third-order valence-electron chi connectivity index (χ3n) is 2.74. The molecule has 0 aliphatic rings. The molecule has 0 saturated carbocycles. The van der Waals surface area contributed by atoms with Gasteiger partial charge < -0.3 is 0 Å². The zero-order valence-corrected chi connectivity index (χ0v) is 11.6. The van der Waals surface area contributed by atoms with E-state index in [-0.39, 0.29) is 5.92 Å². The monoisotopic (exact) mass is 256 g/mol. The number of carbonyl (C=O) groups is 1. The number of benzene rings is 2. The maximum atomic E-state index is 12.5. The molecule has 0 N–H and O–H groups in total. The van der Waals surface area contributed by atoms with Crippen LogP contribution < -0.4 is 10.6 Å². The van der Waals surface area contributed by atoms with Gasteiger partial charge in [0.1, 0.15) is 0 Å². The third-order valence-corrected chi connectivity index (χ3v) is 5.33. The van der Waals surface area contributed by atoms with Crippen molar-refractivity contribution in [2.24, 2.45) is 5.92 Å². The van der Waals surface area contributed by atoms with Crippen LogP contribution in [0.4, 0.5) is 0 Å². The first-order valence-electron chi connectivity index (χ1n) is 6.14. The molecule has 0 bridgehead atoms. The van der Waals surface area contributed by atoms with Crippen LogP contribution in [0.5, 0.6) is 0 Å². The summed E-state index contributed by atoms with van der Waals surface area (Å²) in [4.78, 5) is 12.5. The second-order valence-corrected chi connectivity index (χ2v) is 6.64. The van der Waals surface area contributed by atoms with Crippen molar-refractivity contribution in [1.82, 2.24) is 0 Å². The molecule has 2 aromatic carbocycles. The minimum atomic E-state index is -0.890. The van der Waals surface area contributed by atoms with E-state index in [1.165, 1.54) is 0 Å². The van der Waals surface area contributed by atoms with Crippen molar-refractivity contribution in [2.75, 3.05) is 0 Å². The van der Waals surface area contributed by atoms with Crippen molar-refractivity contribution in [3.8, 4) is 0 Å². The van der Waals surface area contributed by atoms with Crippen LogP contribution in [0.1, 0.15) is 13.8 Å². The standard InChI is InChI=1S/C16H17OP/c1-13(2)16(17)18(14-9-5-3-6-10-14)15-11-7-4-8-12-15/h3-13H,1-2H3. The van der Waals surface area contributed by atoms with Crippen molar-refractivity contribution < 1.29 is 4.79 Å². The van der Waals surface area contributed by atoms with Crippen molar-refractivity contribution in [1.29, 1.82) is 0 Å². The zero-order chi connectivity index (χ0) is 13.0. The van der Waals surface area contributed by atoms with Gasteiger partial charge in [-0.05, 0) is 10.6 Å². The molecule has 0 aliphatic heterocycles. The van der Waals surface area contributed by atoms with E-state index in [9.17, 15) is 4.79 Å². The Hall–Kier alpha value is -1.46. The lowest BCUT2D eigenvalue weighted by Gasteiger charge is -2.19. The molecular formula is C16H17OP. The van der Waals surface area contributed by atoms with E-state index in [1.54, 1.807) is 0 Å². The molecule has 0 atom stereocenters. The Morgan fingerprint density at radius 1 is 0.833 bits per heavy atom. The molecule has 2 aromatic rings. The number of rotatable bonds is 4. The molecule has 0 spiro atoms. The molecule has 2 heteroatoms. The molecule has 0 radical (unpaired) electrons. The van der Waals surface area contributed by atoms with E-state index >= 15 is 0 Å². The smallest absolute Gasteiger partial charge is 0.165 e. The van der Waals surface area contributed by atoms with E-state index < -0.39 is 7.92 Å². The molecule has 0 fully saturated rings. The highest BCUT2D eigenvalue weighted by molar-refractivity contribution is 7.87. The molecule has 0 aromatic heterocycles. The molecule has 18 heavy (non-hydrogen) atoms. The van der Waals surface area contributed by atoms with Gasteiger partial charge in [0.25, 0.3) is 0 Å². The average Bonchev–Trinajstić information content (AvgIpc) is 2.41. The van der Waals surface area contributed by atoms with Crippen molar-refractivity contribution in [2.45, 2.75) is 13.8 Å². The topological polar surface area (TPSA) is 17.1 Å². The molecular weight excluding hydrogens is 239 g/mol. The lowest BCUT2D eigenvalue weighted by molar-refractivity contribution is -0.113. The number of hydrogen-bond donors (Lipinski definition) is 0. The Morgan fingerprint density at radius 3 is 1.56 bits per heavy atom. The summed E-state index contributed by atoms with van der Waals surface area (Å²) >= 11 is 0. The first-order chi connectivity index (χ1) is 8.70.